The van der Waals surface area contributed by atoms with Crippen LogP contribution in [-0.2, 0) is 5.41 Å². The molecule has 0 spiro atoms. The van der Waals surface area contributed by atoms with Crippen molar-refractivity contribution in [1.82, 2.24) is 19.8 Å². The Bertz CT molecular complexity index is 801. The molecule has 5 nitrogen and oxygen atoms in total. The van der Waals surface area contributed by atoms with Crippen LogP contribution in [0, 0.1) is 11.7 Å². The van der Waals surface area contributed by atoms with Crippen molar-refractivity contribution in [3.8, 4) is 0 Å². The maximum absolute atomic E-state index is 13.3. The van der Waals surface area contributed by atoms with Crippen molar-refractivity contribution in [3.05, 3.63) is 54.4 Å². The molecule has 2 heterocycles. The van der Waals surface area contributed by atoms with Crippen molar-refractivity contribution in [1.29, 1.82) is 0 Å². The highest BCUT2D eigenvalue weighted by atomic mass is 127. The minimum absolute atomic E-state index is 0. The van der Waals surface area contributed by atoms with Gasteiger partial charge in [-0.1, -0.05) is 25.5 Å². The monoisotopic (exact) mass is 511 g/mol. The summed E-state index contributed by atoms with van der Waals surface area (Å²) in [6.07, 6.45) is 10.4. The highest BCUT2D eigenvalue weighted by Crippen LogP contribution is 2.43. The highest BCUT2D eigenvalue weighted by Gasteiger charge is 2.39. The first-order valence-electron chi connectivity index (χ1n) is 10.3. The summed E-state index contributed by atoms with van der Waals surface area (Å²) in [6.45, 7) is 5.10. The van der Waals surface area contributed by atoms with Crippen molar-refractivity contribution in [2.75, 3.05) is 26.7 Å². The largest absolute Gasteiger partial charge is 0.355 e. The summed E-state index contributed by atoms with van der Waals surface area (Å²) in [7, 11) is 1.86. The van der Waals surface area contributed by atoms with E-state index in [9.17, 15) is 4.39 Å². The predicted molar refractivity (Wildman–Crippen MR) is 125 cm³/mol. The molecule has 7 heteroatoms. The van der Waals surface area contributed by atoms with E-state index in [-0.39, 0.29) is 35.2 Å². The summed E-state index contributed by atoms with van der Waals surface area (Å²) in [5, 5.41) is 3.63. The smallest absolute Gasteiger partial charge is 0.193 e. The molecule has 1 saturated heterocycles. The zero-order valence-electron chi connectivity index (χ0n) is 17.2. The molecule has 0 bridgehead atoms. The topological polar surface area (TPSA) is 45.5 Å². The van der Waals surface area contributed by atoms with E-state index in [0.29, 0.717) is 12.0 Å². The Hall–Kier alpha value is -1.64. The van der Waals surface area contributed by atoms with E-state index in [1.165, 1.54) is 12.0 Å². The second-order valence-electron chi connectivity index (χ2n) is 8.33. The minimum Gasteiger partial charge on any atom is -0.355 e. The number of hydrogen-bond acceptors (Lipinski definition) is 2. The van der Waals surface area contributed by atoms with E-state index < -0.39 is 0 Å². The number of rotatable bonds is 4. The van der Waals surface area contributed by atoms with Gasteiger partial charge in [0, 0.05) is 44.5 Å². The summed E-state index contributed by atoms with van der Waals surface area (Å²) in [6, 6.07) is 7.44. The van der Waals surface area contributed by atoms with Gasteiger partial charge in [0.25, 0.3) is 0 Å². The molecule has 2 aromatic rings. The number of benzene rings is 1. The van der Waals surface area contributed by atoms with Gasteiger partial charge in [0.05, 0.1) is 12.4 Å². The van der Waals surface area contributed by atoms with Crippen molar-refractivity contribution in [3.63, 3.8) is 0 Å². The first-order chi connectivity index (χ1) is 13.6. The summed E-state index contributed by atoms with van der Waals surface area (Å²) >= 11 is 0. The van der Waals surface area contributed by atoms with Crippen LogP contribution in [0.4, 0.5) is 4.39 Å². The number of halogens is 2. The number of guanidine groups is 1. The molecule has 1 aromatic carbocycles. The molecular formula is C22H31FIN5. The van der Waals surface area contributed by atoms with Crippen LogP contribution < -0.4 is 5.32 Å². The molecule has 2 atom stereocenters. The summed E-state index contributed by atoms with van der Waals surface area (Å²) in [5.74, 6) is 1.40. The molecule has 1 aromatic heterocycles. The standard InChI is InChI=1S/C22H30FN5.HI/c1-17-8-12-27(14-20(17)28-13-11-25-16-28)21(24-2)26-15-22(9-3-10-22)18-4-6-19(23)7-5-18;/h4-7,11,13,16-17,20H,3,8-10,12,14-15H2,1-2H3,(H,24,26);1H. The van der Waals surface area contributed by atoms with Gasteiger partial charge >= 0.3 is 0 Å². The lowest BCUT2D eigenvalue weighted by atomic mass is 9.64. The molecule has 158 valence electrons. The number of aromatic nitrogens is 2. The highest BCUT2D eigenvalue weighted by molar-refractivity contribution is 14.0. The Morgan fingerprint density at radius 3 is 2.66 bits per heavy atom. The maximum atomic E-state index is 13.3. The number of piperidine rings is 1. The molecule has 29 heavy (non-hydrogen) atoms. The lowest BCUT2D eigenvalue weighted by Gasteiger charge is -2.44. The third-order valence-corrected chi connectivity index (χ3v) is 6.69. The third kappa shape index (κ3) is 4.59. The van der Waals surface area contributed by atoms with Crippen LogP contribution in [0.3, 0.4) is 0 Å². The van der Waals surface area contributed by atoms with Crippen molar-refractivity contribution in [2.45, 2.75) is 44.1 Å². The summed E-state index contributed by atoms with van der Waals surface area (Å²) in [5.41, 5.74) is 1.32. The summed E-state index contributed by atoms with van der Waals surface area (Å²) < 4.78 is 15.6. The van der Waals surface area contributed by atoms with Gasteiger partial charge < -0.3 is 14.8 Å². The fourth-order valence-corrected chi connectivity index (χ4v) is 4.65. The summed E-state index contributed by atoms with van der Waals surface area (Å²) in [4.78, 5) is 11.2. The van der Waals surface area contributed by atoms with Crippen LogP contribution >= 0.6 is 24.0 Å². The molecule has 1 aliphatic carbocycles. The van der Waals surface area contributed by atoms with Gasteiger partial charge in [-0.15, -0.1) is 24.0 Å². The molecule has 0 radical (unpaired) electrons. The minimum atomic E-state index is -0.171. The van der Waals surface area contributed by atoms with E-state index in [2.05, 4.69) is 37.9 Å². The quantitative estimate of drug-likeness (QED) is 0.380. The van der Waals surface area contributed by atoms with Crippen LogP contribution in [-0.4, -0.2) is 47.1 Å². The second-order valence-corrected chi connectivity index (χ2v) is 8.33. The number of likely N-dealkylation sites (tertiary alicyclic amines) is 1. The zero-order chi connectivity index (χ0) is 19.6. The first kappa shape index (κ1) is 22.1. The molecule has 4 rings (SSSR count). The number of nitrogens with zero attached hydrogens (tertiary/aromatic N) is 4. The molecule has 2 aliphatic rings. The third-order valence-electron chi connectivity index (χ3n) is 6.69. The predicted octanol–water partition coefficient (Wildman–Crippen LogP) is 4.22. The fraction of sp³-hybridized carbons (Fsp3) is 0.545. The van der Waals surface area contributed by atoms with Crippen molar-refractivity contribution in [2.24, 2.45) is 10.9 Å². The van der Waals surface area contributed by atoms with Gasteiger partial charge in [-0.05, 0) is 42.9 Å². The van der Waals surface area contributed by atoms with Gasteiger partial charge in [-0.2, -0.15) is 0 Å². The van der Waals surface area contributed by atoms with E-state index >= 15 is 0 Å². The lowest BCUT2D eigenvalue weighted by Crippen LogP contribution is -2.53. The molecule has 2 fully saturated rings. The van der Waals surface area contributed by atoms with E-state index in [4.69, 9.17) is 0 Å². The van der Waals surface area contributed by atoms with E-state index in [1.54, 1.807) is 12.1 Å². The Labute approximate surface area is 189 Å². The molecule has 0 amide bonds. The molecular weight excluding hydrogens is 480 g/mol. The SMILES string of the molecule is CN=C(NCC1(c2ccc(F)cc2)CCC1)N1CCC(C)C(n2ccnc2)C1.I. The van der Waals surface area contributed by atoms with Crippen LogP contribution in [0.15, 0.2) is 48.0 Å². The van der Waals surface area contributed by atoms with Crippen LogP contribution in [0.5, 0.6) is 0 Å². The van der Waals surface area contributed by atoms with Crippen molar-refractivity contribution >= 4 is 29.9 Å². The lowest BCUT2D eigenvalue weighted by molar-refractivity contribution is 0.185. The fourth-order valence-electron chi connectivity index (χ4n) is 4.65. The number of hydrogen-bond donors (Lipinski definition) is 1. The van der Waals surface area contributed by atoms with Gasteiger partial charge in [0.2, 0.25) is 0 Å². The Balaban J connectivity index is 0.00000240. The second kappa shape index (κ2) is 9.45. The normalized spacial score (nSPS) is 23.8. The van der Waals surface area contributed by atoms with E-state index in [1.807, 2.05) is 31.7 Å². The van der Waals surface area contributed by atoms with Gasteiger partial charge in [0.1, 0.15) is 5.82 Å². The van der Waals surface area contributed by atoms with Crippen LogP contribution in [0.25, 0.3) is 0 Å². The number of imidazole rings is 1. The number of aliphatic imine (C=N–C) groups is 1. The Morgan fingerprint density at radius 2 is 2.07 bits per heavy atom. The zero-order valence-corrected chi connectivity index (χ0v) is 19.6. The molecule has 1 saturated carbocycles. The molecule has 2 unspecified atom stereocenters. The number of nitrogens with one attached hydrogen (secondary N) is 1. The van der Waals surface area contributed by atoms with Crippen molar-refractivity contribution < 1.29 is 4.39 Å². The average Bonchev–Trinajstić information content (AvgIpc) is 3.20. The van der Waals surface area contributed by atoms with Gasteiger partial charge in [-0.25, -0.2) is 9.37 Å². The molecule has 1 N–H and O–H groups in total. The Morgan fingerprint density at radius 1 is 1.31 bits per heavy atom. The molecule has 1 aliphatic heterocycles. The van der Waals surface area contributed by atoms with Crippen LogP contribution in [0.2, 0.25) is 0 Å². The van der Waals surface area contributed by atoms with Crippen LogP contribution in [0.1, 0.15) is 44.2 Å². The van der Waals surface area contributed by atoms with Gasteiger partial charge in [0.15, 0.2) is 5.96 Å². The van der Waals surface area contributed by atoms with Gasteiger partial charge in [-0.3, -0.25) is 4.99 Å². The Kier molecular flexibility index (Phi) is 7.19. The average molecular weight is 511 g/mol. The first-order valence-corrected chi connectivity index (χ1v) is 10.3. The maximum Gasteiger partial charge on any atom is 0.193 e. The van der Waals surface area contributed by atoms with E-state index in [0.717, 1.165) is 44.9 Å².